The maximum atomic E-state index is 12.2. The van der Waals surface area contributed by atoms with Crippen LogP contribution in [0.4, 0.5) is 18.9 Å². The number of hydrogen-bond acceptors (Lipinski definition) is 3. The van der Waals surface area contributed by atoms with E-state index < -0.39 is 12.6 Å². The number of rotatable bonds is 8. The fraction of sp³-hybridized carbons (Fsp3) is 0.571. The molecule has 0 bridgehead atoms. The molecule has 0 heterocycles. The molecule has 0 atom stereocenters. The number of anilines is 1. The normalized spacial score (nSPS) is 11.7. The lowest BCUT2D eigenvalue weighted by Crippen LogP contribution is -2.24. The van der Waals surface area contributed by atoms with Gasteiger partial charge in [-0.15, -0.1) is 0 Å². The number of hydrogen-bond donors (Lipinski definition) is 1. The van der Waals surface area contributed by atoms with Crippen LogP contribution in [0, 0.1) is 0 Å². The van der Waals surface area contributed by atoms with E-state index in [2.05, 4.69) is 5.32 Å². The van der Waals surface area contributed by atoms with Crippen molar-refractivity contribution in [2.45, 2.75) is 19.1 Å². The number of ether oxygens (including phenoxy) is 1. The van der Waals surface area contributed by atoms with E-state index in [1.54, 1.807) is 31.2 Å². The lowest BCUT2D eigenvalue weighted by atomic mass is 10.2. The van der Waals surface area contributed by atoms with E-state index in [1.807, 2.05) is 6.07 Å². The molecule has 0 aromatic heterocycles. The molecule has 21 heavy (non-hydrogen) atoms. The topological polar surface area (TPSA) is 24.5 Å². The third-order valence-corrected chi connectivity index (χ3v) is 3.36. The van der Waals surface area contributed by atoms with Gasteiger partial charge in [0, 0.05) is 44.5 Å². The van der Waals surface area contributed by atoms with Gasteiger partial charge in [-0.05, 0) is 17.7 Å². The highest BCUT2D eigenvalue weighted by atomic mass is 35.5. The van der Waals surface area contributed by atoms with Crippen molar-refractivity contribution >= 4 is 17.3 Å². The molecule has 0 aliphatic rings. The second kappa shape index (κ2) is 8.46. The number of nitrogens with one attached hydrogen (secondary N) is 1. The van der Waals surface area contributed by atoms with Crippen LogP contribution in [-0.4, -0.2) is 40.0 Å². The summed E-state index contributed by atoms with van der Waals surface area (Å²) < 4.78 is 41.5. The molecule has 0 aliphatic carbocycles. The number of nitrogens with zero attached hydrogens (tertiary/aromatic N) is 1. The SMILES string of the molecule is COCCNCc1ccc(N(C)CCC(F)(F)F)cc1Cl. The molecule has 0 radical (unpaired) electrons. The lowest BCUT2D eigenvalue weighted by Gasteiger charge is -2.21. The zero-order valence-corrected chi connectivity index (χ0v) is 12.9. The Morgan fingerprint density at radius 1 is 1.33 bits per heavy atom. The molecule has 1 N–H and O–H groups in total. The molecular formula is C14H20ClF3N2O. The van der Waals surface area contributed by atoms with Crippen molar-refractivity contribution in [1.82, 2.24) is 5.32 Å². The molecule has 0 fully saturated rings. The summed E-state index contributed by atoms with van der Waals surface area (Å²) in [5.41, 5.74) is 1.57. The summed E-state index contributed by atoms with van der Waals surface area (Å²) in [4.78, 5) is 1.54. The van der Waals surface area contributed by atoms with Crippen molar-refractivity contribution in [3.63, 3.8) is 0 Å². The second-order valence-electron chi connectivity index (χ2n) is 4.73. The number of methoxy groups -OCH3 is 1. The highest BCUT2D eigenvalue weighted by molar-refractivity contribution is 6.31. The minimum absolute atomic E-state index is 0.0920. The van der Waals surface area contributed by atoms with Crippen LogP contribution in [-0.2, 0) is 11.3 Å². The van der Waals surface area contributed by atoms with Crippen LogP contribution in [0.15, 0.2) is 18.2 Å². The van der Waals surface area contributed by atoms with Gasteiger partial charge in [0.15, 0.2) is 0 Å². The van der Waals surface area contributed by atoms with Gasteiger partial charge in [-0.1, -0.05) is 17.7 Å². The third-order valence-electron chi connectivity index (χ3n) is 3.01. The van der Waals surface area contributed by atoms with Crippen molar-refractivity contribution in [3.05, 3.63) is 28.8 Å². The Hall–Kier alpha value is -0.980. The smallest absolute Gasteiger partial charge is 0.383 e. The third kappa shape index (κ3) is 7.02. The highest BCUT2D eigenvalue weighted by Crippen LogP contribution is 2.25. The van der Waals surface area contributed by atoms with E-state index in [1.165, 1.54) is 0 Å². The van der Waals surface area contributed by atoms with Gasteiger partial charge in [0.25, 0.3) is 0 Å². The molecule has 7 heteroatoms. The molecule has 120 valence electrons. The van der Waals surface area contributed by atoms with Crippen LogP contribution in [0.25, 0.3) is 0 Å². The molecule has 1 aromatic rings. The Balaban J connectivity index is 2.56. The van der Waals surface area contributed by atoms with Gasteiger partial charge >= 0.3 is 6.18 Å². The number of benzene rings is 1. The number of halogens is 4. The molecule has 0 saturated heterocycles. The first-order chi connectivity index (χ1) is 9.83. The Morgan fingerprint density at radius 3 is 2.62 bits per heavy atom. The quantitative estimate of drug-likeness (QED) is 0.741. The zero-order valence-electron chi connectivity index (χ0n) is 12.1. The first kappa shape index (κ1) is 18.1. The van der Waals surface area contributed by atoms with Crippen LogP contribution in [0.5, 0.6) is 0 Å². The van der Waals surface area contributed by atoms with Gasteiger partial charge in [0.2, 0.25) is 0 Å². The summed E-state index contributed by atoms with van der Waals surface area (Å²) in [5, 5.41) is 3.70. The predicted molar refractivity (Wildman–Crippen MR) is 79.0 cm³/mol. The molecule has 0 spiro atoms. The maximum Gasteiger partial charge on any atom is 0.390 e. The van der Waals surface area contributed by atoms with Crippen molar-refractivity contribution in [2.24, 2.45) is 0 Å². The van der Waals surface area contributed by atoms with Gasteiger partial charge < -0.3 is 15.0 Å². The standard InChI is InChI=1S/C14H20ClF3N2O/c1-20(7-5-14(16,17)18)12-4-3-11(13(15)9-12)10-19-6-8-21-2/h3-4,9,19H,5-8,10H2,1-2H3. The molecule has 1 rings (SSSR count). The summed E-state index contributed by atoms with van der Waals surface area (Å²) >= 11 is 6.16. The average molecular weight is 325 g/mol. The van der Waals surface area contributed by atoms with Gasteiger partial charge in [0.1, 0.15) is 0 Å². The van der Waals surface area contributed by atoms with E-state index in [-0.39, 0.29) is 6.54 Å². The first-order valence-corrected chi connectivity index (χ1v) is 6.97. The average Bonchev–Trinajstić information content (AvgIpc) is 2.41. The largest absolute Gasteiger partial charge is 0.390 e. The Labute approximate surface area is 128 Å². The summed E-state index contributed by atoms with van der Waals surface area (Å²) in [6.07, 6.45) is -5.00. The van der Waals surface area contributed by atoms with Crippen LogP contribution < -0.4 is 10.2 Å². The molecule has 0 amide bonds. The van der Waals surface area contributed by atoms with Gasteiger partial charge in [-0.3, -0.25) is 0 Å². The fourth-order valence-corrected chi connectivity index (χ4v) is 1.98. The summed E-state index contributed by atoms with van der Waals surface area (Å²) in [6, 6.07) is 5.28. The van der Waals surface area contributed by atoms with Crippen LogP contribution in [0.3, 0.4) is 0 Å². The zero-order chi connectivity index (χ0) is 15.9. The first-order valence-electron chi connectivity index (χ1n) is 6.59. The molecule has 0 unspecified atom stereocenters. The monoisotopic (exact) mass is 324 g/mol. The van der Waals surface area contributed by atoms with E-state index >= 15 is 0 Å². The maximum absolute atomic E-state index is 12.2. The Kier molecular flexibility index (Phi) is 7.28. The summed E-state index contributed by atoms with van der Waals surface area (Å²) in [5.74, 6) is 0. The summed E-state index contributed by atoms with van der Waals surface area (Å²) in [6.45, 7) is 1.82. The Bertz CT molecular complexity index is 441. The molecule has 0 aliphatic heterocycles. The molecular weight excluding hydrogens is 305 g/mol. The lowest BCUT2D eigenvalue weighted by molar-refractivity contribution is -0.132. The van der Waals surface area contributed by atoms with E-state index in [9.17, 15) is 13.2 Å². The van der Waals surface area contributed by atoms with Crippen LogP contribution in [0.1, 0.15) is 12.0 Å². The van der Waals surface area contributed by atoms with Crippen LogP contribution in [0.2, 0.25) is 5.02 Å². The van der Waals surface area contributed by atoms with Crippen LogP contribution >= 0.6 is 11.6 Å². The van der Waals surface area contributed by atoms with Crippen molar-refractivity contribution < 1.29 is 17.9 Å². The highest BCUT2D eigenvalue weighted by Gasteiger charge is 2.27. The second-order valence-corrected chi connectivity index (χ2v) is 5.14. The van der Waals surface area contributed by atoms with Crippen molar-refractivity contribution in [2.75, 3.05) is 38.8 Å². The fourth-order valence-electron chi connectivity index (χ4n) is 1.74. The minimum atomic E-state index is -4.15. The molecule has 1 aromatic carbocycles. The van der Waals surface area contributed by atoms with E-state index in [0.717, 1.165) is 5.56 Å². The van der Waals surface area contributed by atoms with Crippen molar-refractivity contribution in [3.8, 4) is 0 Å². The molecule has 3 nitrogen and oxygen atoms in total. The van der Waals surface area contributed by atoms with E-state index in [0.29, 0.717) is 30.4 Å². The predicted octanol–water partition coefficient (Wildman–Crippen LogP) is 3.46. The number of alkyl halides is 3. The van der Waals surface area contributed by atoms with Gasteiger partial charge in [-0.2, -0.15) is 13.2 Å². The Morgan fingerprint density at radius 2 is 2.05 bits per heavy atom. The summed E-state index contributed by atoms with van der Waals surface area (Å²) in [7, 11) is 3.24. The minimum Gasteiger partial charge on any atom is -0.383 e. The van der Waals surface area contributed by atoms with Crippen molar-refractivity contribution in [1.29, 1.82) is 0 Å². The van der Waals surface area contributed by atoms with E-state index in [4.69, 9.17) is 16.3 Å². The van der Waals surface area contributed by atoms with Gasteiger partial charge in [-0.25, -0.2) is 0 Å². The van der Waals surface area contributed by atoms with Gasteiger partial charge in [0.05, 0.1) is 13.0 Å². The molecule has 0 saturated carbocycles.